The monoisotopic (exact) mass is 538 g/mol. The number of aromatic hydroxyl groups is 1. The Morgan fingerprint density at radius 3 is 1.86 bits per heavy atom. The fraction of sp³-hybridized carbons (Fsp3) is 0.556. The lowest BCUT2D eigenvalue weighted by Gasteiger charge is -2.36. The van der Waals surface area contributed by atoms with E-state index in [4.69, 9.17) is 13.4 Å². The summed E-state index contributed by atoms with van der Waals surface area (Å²) in [4.78, 5) is 0. The SMILES string of the molecule is CCO[P+](=O)OP(=O)(CNC(C)(c1ccccc1)c1cc(C(C)(C)C)c(O)c(C(C)(C)C)c1)OCC. The van der Waals surface area contributed by atoms with Crippen LogP contribution in [0.4, 0.5) is 0 Å². The molecule has 2 aromatic carbocycles. The largest absolute Gasteiger partial charge is 0.706 e. The molecule has 3 atom stereocenters. The van der Waals surface area contributed by atoms with Gasteiger partial charge in [0, 0.05) is 4.57 Å². The van der Waals surface area contributed by atoms with Gasteiger partial charge in [-0.1, -0.05) is 71.9 Å². The molecular weight excluding hydrogens is 496 g/mol. The maximum atomic E-state index is 13.5. The van der Waals surface area contributed by atoms with E-state index in [1.54, 1.807) is 13.8 Å². The number of hydrogen-bond donors (Lipinski definition) is 2. The summed E-state index contributed by atoms with van der Waals surface area (Å²) in [6.07, 6.45) is -0.197. The van der Waals surface area contributed by atoms with Crippen molar-refractivity contribution in [2.24, 2.45) is 0 Å². The van der Waals surface area contributed by atoms with E-state index >= 15 is 0 Å². The van der Waals surface area contributed by atoms with E-state index in [-0.39, 0.29) is 36.1 Å². The second-order valence-electron chi connectivity index (χ2n) is 11.0. The van der Waals surface area contributed by atoms with Gasteiger partial charge in [0.25, 0.3) is 0 Å². The van der Waals surface area contributed by atoms with Crippen molar-refractivity contribution in [3.63, 3.8) is 0 Å². The predicted molar refractivity (Wildman–Crippen MR) is 146 cm³/mol. The Morgan fingerprint density at radius 1 is 0.889 bits per heavy atom. The first-order chi connectivity index (χ1) is 16.6. The van der Waals surface area contributed by atoms with Crippen LogP contribution >= 0.6 is 15.9 Å². The molecule has 0 aromatic heterocycles. The first-order valence-electron chi connectivity index (χ1n) is 12.3. The Labute approximate surface area is 217 Å². The van der Waals surface area contributed by atoms with E-state index < -0.39 is 21.4 Å². The molecule has 0 aliphatic rings. The smallest absolute Gasteiger partial charge is 0.507 e. The van der Waals surface area contributed by atoms with Gasteiger partial charge >= 0.3 is 15.9 Å². The average molecular weight is 539 g/mol. The molecule has 0 aliphatic heterocycles. The second-order valence-corrected chi connectivity index (χ2v) is 14.2. The summed E-state index contributed by atoms with van der Waals surface area (Å²) in [7, 11) is -6.40. The Balaban J connectivity index is 2.69. The zero-order valence-corrected chi connectivity index (χ0v) is 24.8. The quantitative estimate of drug-likeness (QED) is 0.283. The van der Waals surface area contributed by atoms with Crippen molar-refractivity contribution in [3.8, 4) is 5.75 Å². The van der Waals surface area contributed by atoms with Crippen LogP contribution in [0.2, 0.25) is 0 Å². The summed E-state index contributed by atoms with van der Waals surface area (Å²) in [5.74, 6) is 0.284. The molecule has 2 N–H and O–H groups in total. The number of phenolic OH excluding ortho intramolecular Hbond substituents is 1. The lowest BCUT2D eigenvalue weighted by Crippen LogP contribution is -2.42. The summed E-state index contributed by atoms with van der Waals surface area (Å²) in [5.41, 5.74) is 1.96. The number of phenols is 1. The summed E-state index contributed by atoms with van der Waals surface area (Å²) >= 11 is 0. The number of nitrogens with one attached hydrogen (secondary N) is 1. The molecule has 2 rings (SSSR count). The molecule has 9 heteroatoms. The van der Waals surface area contributed by atoms with Crippen LogP contribution in [0.3, 0.4) is 0 Å². The van der Waals surface area contributed by atoms with E-state index in [9.17, 15) is 14.2 Å². The van der Waals surface area contributed by atoms with Gasteiger partial charge in [0.2, 0.25) is 0 Å². The molecule has 36 heavy (non-hydrogen) atoms. The highest BCUT2D eigenvalue weighted by Gasteiger charge is 2.41. The molecule has 0 fully saturated rings. The van der Waals surface area contributed by atoms with Gasteiger partial charge in [-0.2, -0.15) is 0 Å². The molecule has 7 nitrogen and oxygen atoms in total. The van der Waals surface area contributed by atoms with Gasteiger partial charge in [-0.25, -0.2) is 0 Å². The van der Waals surface area contributed by atoms with Crippen molar-refractivity contribution in [1.29, 1.82) is 0 Å². The predicted octanol–water partition coefficient (Wildman–Crippen LogP) is 7.74. The Hall–Kier alpha value is -1.59. The van der Waals surface area contributed by atoms with Gasteiger partial charge in [-0.3, -0.25) is 9.88 Å². The summed E-state index contributed by atoms with van der Waals surface area (Å²) in [5, 5.41) is 14.6. The summed E-state index contributed by atoms with van der Waals surface area (Å²) in [6, 6.07) is 13.8. The molecule has 0 bridgehead atoms. The normalized spacial score (nSPS) is 16.3. The molecule has 0 aliphatic carbocycles. The van der Waals surface area contributed by atoms with E-state index in [0.29, 0.717) is 0 Å². The fourth-order valence-electron chi connectivity index (χ4n) is 3.99. The van der Waals surface area contributed by atoms with Crippen LogP contribution in [0.5, 0.6) is 5.75 Å². The third kappa shape index (κ3) is 7.47. The highest BCUT2D eigenvalue weighted by molar-refractivity contribution is 7.60. The van der Waals surface area contributed by atoms with Crippen LogP contribution in [0.25, 0.3) is 0 Å². The maximum Gasteiger partial charge on any atom is 0.706 e. The second kappa shape index (κ2) is 11.9. The van der Waals surface area contributed by atoms with Crippen LogP contribution in [0.1, 0.15) is 84.6 Å². The Morgan fingerprint density at radius 2 is 1.42 bits per heavy atom. The first kappa shape index (κ1) is 30.6. The standard InChI is InChI=1S/C27H41NO6P2/c1-10-32-35(30)34-36(31,33-11-2)19-28-27(9,20-15-13-12-14-16-20)21-17-22(25(3,4)5)24(29)23(18-21)26(6,7)8/h12-18,28H,10-11,19H2,1-9H3/p+1. The molecule has 0 spiro atoms. The summed E-state index contributed by atoms with van der Waals surface area (Å²) in [6.45, 7) is 18.0. The van der Waals surface area contributed by atoms with Gasteiger partial charge in [0.05, 0.1) is 12.1 Å². The van der Waals surface area contributed by atoms with E-state index in [1.165, 1.54) is 0 Å². The zero-order valence-electron chi connectivity index (χ0n) is 23.0. The molecule has 0 amide bonds. The highest BCUT2D eigenvalue weighted by atomic mass is 31.2. The van der Waals surface area contributed by atoms with E-state index in [0.717, 1.165) is 22.3 Å². The Kier molecular flexibility index (Phi) is 10.1. The average Bonchev–Trinajstić information content (AvgIpc) is 2.77. The van der Waals surface area contributed by atoms with Crippen molar-refractivity contribution in [3.05, 3.63) is 64.7 Å². The van der Waals surface area contributed by atoms with E-state index in [1.807, 2.05) is 49.4 Å². The van der Waals surface area contributed by atoms with Gasteiger partial charge in [-0.05, 0) is 70.3 Å². The fourth-order valence-corrected chi connectivity index (χ4v) is 6.62. The van der Waals surface area contributed by atoms with Crippen molar-refractivity contribution in [1.82, 2.24) is 5.32 Å². The zero-order chi connectivity index (χ0) is 27.4. The van der Waals surface area contributed by atoms with Crippen LogP contribution in [-0.2, 0) is 38.9 Å². The van der Waals surface area contributed by atoms with Gasteiger partial charge in [0.1, 0.15) is 18.6 Å². The molecule has 200 valence electrons. The molecule has 0 saturated carbocycles. The van der Waals surface area contributed by atoms with Crippen molar-refractivity contribution >= 4 is 15.9 Å². The molecule has 3 unspecified atom stereocenters. The van der Waals surface area contributed by atoms with Crippen LogP contribution in [-0.4, -0.2) is 24.6 Å². The van der Waals surface area contributed by atoms with Crippen LogP contribution in [0, 0.1) is 0 Å². The lowest BCUT2D eigenvalue weighted by atomic mass is 9.74. The summed E-state index contributed by atoms with van der Waals surface area (Å²) < 4.78 is 41.4. The third-order valence-corrected chi connectivity index (χ3v) is 9.23. The number of benzene rings is 2. The Bertz CT molecular complexity index is 1060. The molecular formula is C27H42NO6P2+. The number of hydrogen-bond acceptors (Lipinski definition) is 7. The van der Waals surface area contributed by atoms with Gasteiger partial charge < -0.3 is 9.63 Å². The molecule has 0 heterocycles. The van der Waals surface area contributed by atoms with Crippen molar-refractivity contribution < 1.29 is 27.6 Å². The van der Waals surface area contributed by atoms with Crippen LogP contribution in [0.15, 0.2) is 42.5 Å². The minimum absolute atomic E-state index is 0.123. The lowest BCUT2D eigenvalue weighted by molar-refractivity contribution is 0.247. The van der Waals surface area contributed by atoms with E-state index in [2.05, 4.69) is 46.9 Å². The topological polar surface area (TPSA) is 94.1 Å². The van der Waals surface area contributed by atoms with Crippen molar-refractivity contribution in [2.45, 2.75) is 78.7 Å². The van der Waals surface area contributed by atoms with Gasteiger partial charge in [-0.15, -0.1) is 4.52 Å². The third-order valence-electron chi connectivity index (χ3n) is 6.03. The first-order valence-corrected chi connectivity index (χ1v) is 15.1. The molecule has 0 saturated heterocycles. The molecule has 0 radical (unpaired) electrons. The minimum atomic E-state index is -3.81. The highest BCUT2D eigenvalue weighted by Crippen LogP contribution is 2.56. The van der Waals surface area contributed by atoms with Crippen LogP contribution < -0.4 is 5.32 Å². The van der Waals surface area contributed by atoms with Crippen molar-refractivity contribution in [2.75, 3.05) is 19.5 Å². The number of rotatable bonds is 11. The minimum Gasteiger partial charge on any atom is -0.507 e. The maximum absolute atomic E-state index is 13.5. The van der Waals surface area contributed by atoms with Gasteiger partial charge in [0.15, 0.2) is 0 Å². The molecule has 2 aromatic rings.